The zero-order valence-corrected chi connectivity index (χ0v) is 17.9. The molecule has 0 radical (unpaired) electrons. The first kappa shape index (κ1) is 21.1. The van der Waals surface area contributed by atoms with E-state index in [0.717, 1.165) is 0 Å². The highest BCUT2D eigenvalue weighted by Crippen LogP contribution is 2.27. The summed E-state index contributed by atoms with van der Waals surface area (Å²) in [4.78, 5) is 14.9. The third kappa shape index (κ3) is 4.50. The quantitative estimate of drug-likeness (QED) is 0.787. The molecule has 1 saturated heterocycles. The molecule has 0 spiro atoms. The lowest BCUT2D eigenvalue weighted by Crippen LogP contribution is -2.47. The number of rotatable bonds is 4. The molecule has 0 saturated carbocycles. The number of carbonyl (C=O) groups excluding carboxylic acids is 1. The zero-order valence-electron chi connectivity index (χ0n) is 15.6. The lowest BCUT2D eigenvalue weighted by atomic mass is 10.1. The molecule has 1 amide bonds. The molecule has 0 unspecified atom stereocenters. The first-order valence-corrected chi connectivity index (χ1v) is 10.9. The molecular weight excluding hydrogens is 421 g/mol. The molecule has 2 aromatic carbocycles. The third-order valence-corrected chi connectivity index (χ3v) is 7.19. The highest BCUT2D eigenvalue weighted by Gasteiger charge is 2.28. The number of piperazine rings is 1. The van der Waals surface area contributed by atoms with Crippen molar-refractivity contribution in [2.75, 3.05) is 38.5 Å². The second-order valence-electron chi connectivity index (χ2n) is 6.76. The van der Waals surface area contributed by atoms with Crippen LogP contribution in [-0.2, 0) is 10.0 Å². The van der Waals surface area contributed by atoms with E-state index in [2.05, 4.69) is 10.2 Å². The van der Waals surface area contributed by atoms with Crippen LogP contribution in [0.25, 0.3) is 0 Å². The van der Waals surface area contributed by atoms with Gasteiger partial charge in [0.05, 0.1) is 15.6 Å². The average Bonchev–Trinajstić information content (AvgIpc) is 2.65. The van der Waals surface area contributed by atoms with Gasteiger partial charge in [0, 0.05) is 36.8 Å². The van der Waals surface area contributed by atoms with Crippen molar-refractivity contribution in [1.82, 2.24) is 9.21 Å². The average molecular weight is 442 g/mol. The normalized spacial score (nSPS) is 16.1. The summed E-state index contributed by atoms with van der Waals surface area (Å²) in [6, 6.07) is 9.33. The van der Waals surface area contributed by atoms with E-state index < -0.39 is 15.9 Å². The van der Waals surface area contributed by atoms with Gasteiger partial charge >= 0.3 is 0 Å². The maximum atomic E-state index is 13.0. The first-order chi connectivity index (χ1) is 13.2. The van der Waals surface area contributed by atoms with Gasteiger partial charge in [-0.3, -0.25) is 4.79 Å². The van der Waals surface area contributed by atoms with Crippen LogP contribution in [0.3, 0.4) is 0 Å². The summed E-state index contributed by atoms with van der Waals surface area (Å²) in [6.45, 7) is 3.94. The molecule has 0 bridgehead atoms. The van der Waals surface area contributed by atoms with E-state index in [4.69, 9.17) is 23.2 Å². The van der Waals surface area contributed by atoms with Crippen molar-refractivity contribution in [1.29, 1.82) is 0 Å². The molecule has 0 atom stereocenters. The number of benzene rings is 2. The molecule has 1 N–H and O–H groups in total. The molecule has 6 nitrogen and oxygen atoms in total. The van der Waals surface area contributed by atoms with Crippen molar-refractivity contribution >= 4 is 44.8 Å². The minimum Gasteiger partial charge on any atom is -0.321 e. The number of anilines is 1. The highest BCUT2D eigenvalue weighted by atomic mass is 35.5. The Morgan fingerprint density at radius 3 is 2.39 bits per heavy atom. The lowest BCUT2D eigenvalue weighted by Gasteiger charge is -2.31. The summed E-state index contributed by atoms with van der Waals surface area (Å²) in [7, 11) is -1.71. The number of aryl methyl sites for hydroxylation is 1. The Balaban J connectivity index is 1.89. The van der Waals surface area contributed by atoms with Crippen molar-refractivity contribution in [3.05, 3.63) is 57.6 Å². The highest BCUT2D eigenvalue weighted by molar-refractivity contribution is 7.89. The predicted octanol–water partition coefficient (Wildman–Crippen LogP) is 3.49. The lowest BCUT2D eigenvalue weighted by molar-refractivity contribution is 0.102. The van der Waals surface area contributed by atoms with E-state index in [0.29, 0.717) is 47.5 Å². The number of sulfonamides is 1. The van der Waals surface area contributed by atoms with Crippen LogP contribution >= 0.6 is 23.2 Å². The number of likely N-dealkylation sites (N-methyl/N-ethyl adjacent to an activating group) is 1. The van der Waals surface area contributed by atoms with Crippen LogP contribution in [0.4, 0.5) is 5.69 Å². The third-order valence-electron chi connectivity index (χ3n) is 4.73. The largest absolute Gasteiger partial charge is 0.321 e. The summed E-state index contributed by atoms with van der Waals surface area (Å²) >= 11 is 12.1. The van der Waals surface area contributed by atoms with Crippen LogP contribution in [0, 0.1) is 6.92 Å². The summed E-state index contributed by atoms with van der Waals surface area (Å²) < 4.78 is 27.4. The maximum Gasteiger partial charge on any atom is 0.256 e. The monoisotopic (exact) mass is 441 g/mol. The van der Waals surface area contributed by atoms with Gasteiger partial charge in [0.2, 0.25) is 10.0 Å². The van der Waals surface area contributed by atoms with Crippen molar-refractivity contribution in [3.63, 3.8) is 0 Å². The van der Waals surface area contributed by atoms with Crippen LogP contribution in [-0.4, -0.2) is 56.8 Å². The Morgan fingerprint density at radius 1 is 1.04 bits per heavy atom. The van der Waals surface area contributed by atoms with Crippen LogP contribution < -0.4 is 5.32 Å². The van der Waals surface area contributed by atoms with Crippen LogP contribution in [0.5, 0.6) is 0 Å². The Hall–Kier alpha value is -1.64. The molecule has 28 heavy (non-hydrogen) atoms. The molecule has 150 valence electrons. The van der Waals surface area contributed by atoms with Gasteiger partial charge in [-0.05, 0) is 49.9 Å². The fraction of sp³-hybridized carbons (Fsp3) is 0.316. The Kier molecular flexibility index (Phi) is 6.31. The van der Waals surface area contributed by atoms with Crippen LogP contribution in [0.1, 0.15) is 15.9 Å². The predicted molar refractivity (Wildman–Crippen MR) is 112 cm³/mol. The summed E-state index contributed by atoms with van der Waals surface area (Å²) in [5, 5.41) is 3.48. The van der Waals surface area contributed by atoms with Gasteiger partial charge in [-0.25, -0.2) is 8.42 Å². The van der Waals surface area contributed by atoms with Gasteiger partial charge in [0.15, 0.2) is 0 Å². The number of hydrogen-bond donors (Lipinski definition) is 1. The van der Waals surface area contributed by atoms with Crippen LogP contribution in [0.2, 0.25) is 10.0 Å². The van der Waals surface area contributed by atoms with E-state index in [-0.39, 0.29) is 10.5 Å². The standard InChI is InChI=1S/C19H21Cl2N3O3S/c1-13-3-5-15(28(26,27)24-9-7-23(2)8-10-24)12-16(13)19(25)22-18-11-14(20)4-6-17(18)21/h3-6,11-12H,7-10H2,1-2H3,(H,22,25). The fourth-order valence-electron chi connectivity index (χ4n) is 2.97. The summed E-state index contributed by atoms with van der Waals surface area (Å²) in [6.07, 6.45) is 0. The summed E-state index contributed by atoms with van der Waals surface area (Å²) in [5.74, 6) is -0.447. The molecule has 1 fully saturated rings. The number of amides is 1. The van der Waals surface area contributed by atoms with E-state index in [9.17, 15) is 13.2 Å². The number of nitrogens with zero attached hydrogens (tertiary/aromatic N) is 2. The van der Waals surface area contributed by atoms with Gasteiger partial charge in [-0.2, -0.15) is 4.31 Å². The Labute approximate surface area is 175 Å². The van der Waals surface area contributed by atoms with E-state index >= 15 is 0 Å². The van der Waals surface area contributed by atoms with Gasteiger partial charge < -0.3 is 10.2 Å². The van der Waals surface area contributed by atoms with Crippen molar-refractivity contribution in [2.45, 2.75) is 11.8 Å². The molecule has 1 aliphatic rings. The number of halogens is 2. The molecule has 1 heterocycles. The van der Waals surface area contributed by atoms with Crippen molar-refractivity contribution in [3.8, 4) is 0 Å². The van der Waals surface area contributed by atoms with Gasteiger partial charge in [-0.15, -0.1) is 0 Å². The molecule has 0 aliphatic carbocycles. The second-order valence-corrected chi connectivity index (χ2v) is 9.54. The molecule has 9 heteroatoms. The number of nitrogens with one attached hydrogen (secondary N) is 1. The SMILES string of the molecule is Cc1ccc(S(=O)(=O)N2CCN(C)CC2)cc1C(=O)Nc1cc(Cl)ccc1Cl. The molecule has 3 rings (SSSR count). The molecular formula is C19H21Cl2N3O3S. The maximum absolute atomic E-state index is 13.0. The van der Waals surface area contributed by atoms with Gasteiger partial charge in [-0.1, -0.05) is 29.3 Å². The van der Waals surface area contributed by atoms with Crippen LogP contribution in [0.15, 0.2) is 41.3 Å². The molecule has 0 aromatic heterocycles. The fourth-order valence-corrected chi connectivity index (χ4v) is 4.75. The van der Waals surface area contributed by atoms with Crippen molar-refractivity contribution in [2.24, 2.45) is 0 Å². The van der Waals surface area contributed by atoms with Gasteiger partial charge in [0.1, 0.15) is 0 Å². The minimum atomic E-state index is -3.67. The zero-order chi connectivity index (χ0) is 20.5. The molecule has 1 aliphatic heterocycles. The topological polar surface area (TPSA) is 69.7 Å². The van der Waals surface area contributed by atoms with E-state index in [1.54, 1.807) is 31.2 Å². The van der Waals surface area contributed by atoms with Gasteiger partial charge in [0.25, 0.3) is 5.91 Å². The second kappa shape index (κ2) is 8.39. The number of carbonyl (C=O) groups is 1. The minimum absolute atomic E-state index is 0.102. The van der Waals surface area contributed by atoms with E-state index in [1.807, 2.05) is 7.05 Å². The molecule has 2 aromatic rings. The Bertz CT molecular complexity index is 1000. The number of hydrogen-bond acceptors (Lipinski definition) is 4. The summed E-state index contributed by atoms with van der Waals surface area (Å²) in [5.41, 5.74) is 1.30. The van der Waals surface area contributed by atoms with Crippen molar-refractivity contribution < 1.29 is 13.2 Å². The first-order valence-electron chi connectivity index (χ1n) is 8.74. The van der Waals surface area contributed by atoms with E-state index in [1.165, 1.54) is 16.4 Å². The Morgan fingerprint density at radius 2 is 1.71 bits per heavy atom. The smallest absolute Gasteiger partial charge is 0.256 e.